The van der Waals surface area contributed by atoms with Crippen LogP contribution in [0, 0.1) is 13.8 Å². The highest BCUT2D eigenvalue weighted by Gasteiger charge is 2.04. The Balaban J connectivity index is 3.14. The second-order valence-corrected chi connectivity index (χ2v) is 3.27. The highest BCUT2D eigenvalue weighted by molar-refractivity contribution is 5.59. The van der Waals surface area contributed by atoms with Crippen LogP contribution in [0.1, 0.15) is 16.7 Å². The van der Waals surface area contributed by atoms with Crippen molar-refractivity contribution < 1.29 is 4.74 Å². The van der Waals surface area contributed by atoms with Crippen molar-refractivity contribution in [2.45, 2.75) is 13.8 Å². The van der Waals surface area contributed by atoms with Gasteiger partial charge in [0.25, 0.3) is 0 Å². The molecule has 0 bridgehead atoms. The molecular weight excluding hydrogens is 174 g/mol. The molecule has 0 atom stereocenters. The molecule has 0 saturated carbocycles. The Morgan fingerprint density at radius 2 is 2.07 bits per heavy atom. The summed E-state index contributed by atoms with van der Waals surface area (Å²) in [5.74, 6) is 0.962. The van der Waals surface area contributed by atoms with Crippen molar-refractivity contribution in [2.75, 3.05) is 13.7 Å². The highest BCUT2D eigenvalue weighted by Crippen LogP contribution is 2.26. The first-order chi connectivity index (χ1) is 6.70. The first-order valence-electron chi connectivity index (χ1n) is 4.71. The monoisotopic (exact) mass is 191 g/mol. The van der Waals surface area contributed by atoms with Crippen molar-refractivity contribution in [3.8, 4) is 5.75 Å². The minimum absolute atomic E-state index is 0.565. The van der Waals surface area contributed by atoms with E-state index in [4.69, 9.17) is 10.5 Å². The first kappa shape index (κ1) is 10.8. The number of hydrogen-bond acceptors (Lipinski definition) is 2. The van der Waals surface area contributed by atoms with E-state index < -0.39 is 0 Å². The summed E-state index contributed by atoms with van der Waals surface area (Å²) in [5, 5.41) is 0. The molecule has 0 amide bonds. The van der Waals surface area contributed by atoms with Gasteiger partial charge in [0.2, 0.25) is 0 Å². The molecule has 2 heteroatoms. The van der Waals surface area contributed by atoms with Gasteiger partial charge in [0.1, 0.15) is 5.75 Å². The van der Waals surface area contributed by atoms with Crippen molar-refractivity contribution in [3.63, 3.8) is 0 Å². The average Bonchev–Trinajstić information content (AvgIpc) is 2.18. The van der Waals surface area contributed by atoms with Crippen molar-refractivity contribution in [3.05, 3.63) is 34.9 Å². The van der Waals surface area contributed by atoms with E-state index >= 15 is 0 Å². The molecule has 76 valence electrons. The number of ether oxygens (including phenoxy) is 1. The van der Waals surface area contributed by atoms with Crippen LogP contribution >= 0.6 is 0 Å². The lowest BCUT2D eigenvalue weighted by Crippen LogP contribution is -1.95. The molecule has 0 heterocycles. The van der Waals surface area contributed by atoms with Crippen molar-refractivity contribution in [1.82, 2.24) is 0 Å². The molecule has 2 nitrogen and oxygen atoms in total. The summed E-state index contributed by atoms with van der Waals surface area (Å²) in [7, 11) is 1.70. The Labute approximate surface area is 85.4 Å². The Kier molecular flexibility index (Phi) is 3.72. The van der Waals surface area contributed by atoms with Crippen LogP contribution in [-0.2, 0) is 0 Å². The summed E-state index contributed by atoms with van der Waals surface area (Å²) in [4.78, 5) is 0. The van der Waals surface area contributed by atoms with E-state index in [0.29, 0.717) is 6.54 Å². The largest absolute Gasteiger partial charge is 0.496 e. The molecular formula is C12H17NO. The van der Waals surface area contributed by atoms with Gasteiger partial charge in [0, 0.05) is 6.54 Å². The number of nitrogens with two attached hydrogens (primary N) is 1. The summed E-state index contributed by atoms with van der Waals surface area (Å²) in [6.45, 7) is 4.67. The van der Waals surface area contributed by atoms with E-state index in [0.717, 1.165) is 22.4 Å². The smallest absolute Gasteiger partial charge is 0.125 e. The maximum atomic E-state index is 5.41. The first-order valence-corrected chi connectivity index (χ1v) is 4.71. The van der Waals surface area contributed by atoms with Gasteiger partial charge in [0.15, 0.2) is 0 Å². The Morgan fingerprint density at radius 3 is 2.64 bits per heavy atom. The second kappa shape index (κ2) is 4.82. The summed E-state index contributed by atoms with van der Waals surface area (Å²) in [6.07, 6.45) is 3.97. The van der Waals surface area contributed by atoms with Crippen LogP contribution in [0.3, 0.4) is 0 Å². The van der Waals surface area contributed by atoms with Gasteiger partial charge in [-0.3, -0.25) is 0 Å². The lowest BCUT2D eigenvalue weighted by atomic mass is 10.0. The number of methoxy groups -OCH3 is 1. The van der Waals surface area contributed by atoms with E-state index in [2.05, 4.69) is 19.1 Å². The van der Waals surface area contributed by atoms with E-state index in [9.17, 15) is 0 Å². The quantitative estimate of drug-likeness (QED) is 0.795. The SMILES string of the molecule is COc1c(C)ccc(/C=C/CN)c1C. The third-order valence-electron chi connectivity index (χ3n) is 2.28. The Bertz CT molecular complexity index is 342. The van der Waals surface area contributed by atoms with E-state index in [1.807, 2.05) is 19.1 Å². The molecule has 0 aliphatic rings. The maximum absolute atomic E-state index is 5.41. The van der Waals surface area contributed by atoms with Gasteiger partial charge in [-0.25, -0.2) is 0 Å². The third kappa shape index (κ3) is 2.15. The van der Waals surface area contributed by atoms with E-state index in [-0.39, 0.29) is 0 Å². The molecule has 1 rings (SSSR count). The number of rotatable bonds is 3. The van der Waals surface area contributed by atoms with Gasteiger partial charge in [-0.2, -0.15) is 0 Å². The molecule has 0 radical (unpaired) electrons. The van der Waals surface area contributed by atoms with E-state index in [1.165, 1.54) is 0 Å². The molecule has 0 aromatic heterocycles. The van der Waals surface area contributed by atoms with Gasteiger partial charge < -0.3 is 10.5 Å². The molecule has 0 saturated heterocycles. The fourth-order valence-corrected chi connectivity index (χ4v) is 1.53. The fourth-order valence-electron chi connectivity index (χ4n) is 1.53. The standard InChI is InChI=1S/C12H17NO/c1-9-6-7-11(5-4-8-13)10(2)12(9)14-3/h4-7H,8,13H2,1-3H3/b5-4+. The normalized spacial score (nSPS) is 10.9. The third-order valence-corrected chi connectivity index (χ3v) is 2.28. The van der Waals surface area contributed by atoms with Gasteiger partial charge >= 0.3 is 0 Å². The van der Waals surface area contributed by atoms with E-state index in [1.54, 1.807) is 7.11 Å². The van der Waals surface area contributed by atoms with Crippen LogP contribution in [0.15, 0.2) is 18.2 Å². The van der Waals surface area contributed by atoms with Gasteiger partial charge in [-0.15, -0.1) is 0 Å². The van der Waals surface area contributed by atoms with Crippen molar-refractivity contribution >= 4 is 6.08 Å². The Hall–Kier alpha value is -1.28. The molecule has 0 unspecified atom stereocenters. The number of aryl methyl sites for hydroxylation is 1. The van der Waals surface area contributed by atoms with Crippen LogP contribution in [0.4, 0.5) is 0 Å². The molecule has 2 N–H and O–H groups in total. The summed E-state index contributed by atoms with van der Waals surface area (Å²) in [6, 6.07) is 4.14. The topological polar surface area (TPSA) is 35.2 Å². The average molecular weight is 191 g/mol. The summed E-state index contributed by atoms with van der Waals surface area (Å²) >= 11 is 0. The second-order valence-electron chi connectivity index (χ2n) is 3.27. The molecule has 0 aliphatic carbocycles. The maximum Gasteiger partial charge on any atom is 0.125 e. The Morgan fingerprint density at radius 1 is 1.36 bits per heavy atom. The molecule has 0 spiro atoms. The van der Waals surface area contributed by atoms with Crippen LogP contribution < -0.4 is 10.5 Å². The summed E-state index contributed by atoms with van der Waals surface area (Å²) in [5.41, 5.74) is 8.90. The predicted molar refractivity (Wildman–Crippen MR) is 60.6 cm³/mol. The van der Waals surface area contributed by atoms with Gasteiger partial charge in [0.05, 0.1) is 7.11 Å². The minimum atomic E-state index is 0.565. The van der Waals surface area contributed by atoms with Crippen LogP contribution in [0.25, 0.3) is 6.08 Å². The zero-order chi connectivity index (χ0) is 10.6. The minimum Gasteiger partial charge on any atom is -0.496 e. The fraction of sp³-hybridized carbons (Fsp3) is 0.333. The summed E-state index contributed by atoms with van der Waals surface area (Å²) < 4.78 is 5.33. The number of benzene rings is 1. The molecule has 0 fully saturated rings. The molecule has 1 aromatic carbocycles. The van der Waals surface area contributed by atoms with Crippen molar-refractivity contribution in [2.24, 2.45) is 5.73 Å². The zero-order valence-electron chi connectivity index (χ0n) is 9.00. The lowest BCUT2D eigenvalue weighted by molar-refractivity contribution is 0.408. The molecule has 0 aliphatic heterocycles. The zero-order valence-corrected chi connectivity index (χ0v) is 9.00. The van der Waals surface area contributed by atoms with Crippen LogP contribution in [-0.4, -0.2) is 13.7 Å². The van der Waals surface area contributed by atoms with Gasteiger partial charge in [-0.1, -0.05) is 24.3 Å². The van der Waals surface area contributed by atoms with Crippen molar-refractivity contribution in [1.29, 1.82) is 0 Å². The number of hydrogen-bond donors (Lipinski definition) is 1. The van der Waals surface area contributed by atoms with Crippen LogP contribution in [0.2, 0.25) is 0 Å². The lowest BCUT2D eigenvalue weighted by Gasteiger charge is -2.10. The predicted octanol–water partition coefficient (Wildman–Crippen LogP) is 2.28. The molecule has 1 aromatic rings. The van der Waals surface area contributed by atoms with Gasteiger partial charge in [-0.05, 0) is 30.5 Å². The highest BCUT2D eigenvalue weighted by atomic mass is 16.5. The van der Waals surface area contributed by atoms with Crippen LogP contribution in [0.5, 0.6) is 5.75 Å². The molecule has 14 heavy (non-hydrogen) atoms.